The SMILES string of the molecule is Fc1cc(F)c2[nH]cc(-c3ncc(F)c(/N=C4\CCC[C@@H](Nc5ccncn5)C4)n3)c2c1. The van der Waals surface area contributed by atoms with Crippen LogP contribution < -0.4 is 5.32 Å². The molecule has 0 unspecified atom stereocenters. The standard InChI is InChI=1S/C22H18F3N7/c23-12-6-15-16(9-27-20(15)17(24)7-12)21-28-10-18(25)22(32-21)31-14-3-1-2-13(8-14)30-19-4-5-26-11-29-19/h4-7,9-11,13,27H,1-3,8H2,(H,26,29,30)/b31-14+/t13-/m1/s1. The van der Waals surface area contributed by atoms with Gasteiger partial charge in [0.15, 0.2) is 17.5 Å². The predicted molar refractivity (Wildman–Crippen MR) is 114 cm³/mol. The maximum atomic E-state index is 14.5. The molecule has 0 bridgehead atoms. The lowest BCUT2D eigenvalue weighted by molar-refractivity contribution is 0.591. The number of H-pyrrole nitrogens is 1. The van der Waals surface area contributed by atoms with Crippen molar-refractivity contribution in [1.29, 1.82) is 0 Å². The van der Waals surface area contributed by atoms with Crippen LogP contribution in [0.5, 0.6) is 0 Å². The third-order valence-corrected chi connectivity index (χ3v) is 5.37. The molecule has 0 radical (unpaired) electrons. The van der Waals surface area contributed by atoms with Crippen molar-refractivity contribution in [3.05, 3.63) is 60.6 Å². The molecule has 32 heavy (non-hydrogen) atoms. The molecule has 3 aromatic heterocycles. The first-order valence-corrected chi connectivity index (χ1v) is 10.1. The van der Waals surface area contributed by atoms with E-state index >= 15 is 0 Å². The molecule has 1 aliphatic rings. The molecule has 1 atom stereocenters. The Morgan fingerprint density at radius 1 is 1.12 bits per heavy atom. The van der Waals surface area contributed by atoms with E-state index in [0.29, 0.717) is 12.0 Å². The molecule has 2 N–H and O–H groups in total. The zero-order valence-electron chi connectivity index (χ0n) is 16.8. The van der Waals surface area contributed by atoms with Gasteiger partial charge >= 0.3 is 0 Å². The molecule has 1 aliphatic carbocycles. The quantitative estimate of drug-likeness (QED) is 0.471. The Morgan fingerprint density at radius 2 is 2.03 bits per heavy atom. The molecule has 3 heterocycles. The van der Waals surface area contributed by atoms with Crippen LogP contribution in [-0.2, 0) is 0 Å². The number of fused-ring (bicyclic) bond motifs is 1. The third kappa shape index (κ3) is 4.03. The van der Waals surface area contributed by atoms with Crippen LogP contribution >= 0.6 is 0 Å². The minimum atomic E-state index is -0.724. The van der Waals surface area contributed by atoms with Crippen LogP contribution in [0.15, 0.2) is 48.1 Å². The number of aliphatic imine (C=N–C) groups is 1. The summed E-state index contributed by atoms with van der Waals surface area (Å²) in [6.07, 6.45) is 8.80. The second kappa shape index (κ2) is 8.37. The smallest absolute Gasteiger partial charge is 0.192 e. The van der Waals surface area contributed by atoms with Gasteiger partial charge in [-0.1, -0.05) is 0 Å². The van der Waals surface area contributed by atoms with E-state index in [1.54, 1.807) is 12.3 Å². The zero-order chi connectivity index (χ0) is 22.1. The Labute approximate surface area is 180 Å². The van der Waals surface area contributed by atoms with Crippen LogP contribution in [0.25, 0.3) is 22.3 Å². The summed E-state index contributed by atoms with van der Waals surface area (Å²) in [5, 5.41) is 3.62. The lowest BCUT2D eigenvalue weighted by Gasteiger charge is -2.24. The van der Waals surface area contributed by atoms with Crippen LogP contribution in [0.4, 0.5) is 24.8 Å². The predicted octanol–water partition coefficient (Wildman–Crippen LogP) is 4.96. The van der Waals surface area contributed by atoms with Gasteiger partial charge in [-0.15, -0.1) is 0 Å². The summed E-state index contributed by atoms with van der Waals surface area (Å²) in [6, 6.07) is 3.88. The average molecular weight is 437 g/mol. The molecule has 1 saturated carbocycles. The van der Waals surface area contributed by atoms with E-state index in [4.69, 9.17) is 0 Å². The van der Waals surface area contributed by atoms with Gasteiger partial charge in [0.05, 0.1) is 11.7 Å². The van der Waals surface area contributed by atoms with Gasteiger partial charge in [0.2, 0.25) is 0 Å². The Kier molecular flexibility index (Phi) is 5.26. The highest BCUT2D eigenvalue weighted by molar-refractivity contribution is 5.94. The van der Waals surface area contributed by atoms with Crippen molar-refractivity contribution >= 4 is 28.3 Å². The molecule has 1 fully saturated rings. The average Bonchev–Trinajstić information content (AvgIpc) is 3.20. The van der Waals surface area contributed by atoms with Gasteiger partial charge < -0.3 is 10.3 Å². The van der Waals surface area contributed by atoms with Crippen LogP contribution in [0.3, 0.4) is 0 Å². The second-order valence-electron chi connectivity index (χ2n) is 7.59. The minimum Gasteiger partial charge on any atom is -0.367 e. The van der Waals surface area contributed by atoms with Gasteiger partial charge in [-0.25, -0.2) is 38.1 Å². The van der Waals surface area contributed by atoms with E-state index in [-0.39, 0.29) is 28.6 Å². The van der Waals surface area contributed by atoms with Gasteiger partial charge in [-0.2, -0.15) is 0 Å². The summed E-state index contributed by atoms with van der Waals surface area (Å²) >= 11 is 0. The highest BCUT2D eigenvalue weighted by Crippen LogP contribution is 2.30. The summed E-state index contributed by atoms with van der Waals surface area (Å²) in [6.45, 7) is 0. The fourth-order valence-corrected chi connectivity index (χ4v) is 3.91. The molecular formula is C22H18F3N7. The fourth-order valence-electron chi connectivity index (χ4n) is 3.91. The van der Waals surface area contributed by atoms with Crippen LogP contribution in [-0.4, -0.2) is 36.7 Å². The molecule has 7 nitrogen and oxygen atoms in total. The third-order valence-electron chi connectivity index (χ3n) is 5.37. The Balaban J connectivity index is 1.44. The Hall–Kier alpha value is -3.82. The lowest BCUT2D eigenvalue weighted by atomic mass is 9.93. The van der Waals surface area contributed by atoms with E-state index in [1.807, 2.05) is 0 Å². The second-order valence-corrected chi connectivity index (χ2v) is 7.59. The maximum absolute atomic E-state index is 14.5. The zero-order valence-corrected chi connectivity index (χ0v) is 16.8. The van der Waals surface area contributed by atoms with Crippen molar-refractivity contribution in [1.82, 2.24) is 24.9 Å². The van der Waals surface area contributed by atoms with Crippen molar-refractivity contribution in [2.45, 2.75) is 31.7 Å². The molecule has 162 valence electrons. The largest absolute Gasteiger partial charge is 0.367 e. The number of aromatic amines is 1. The number of hydrogen-bond donors (Lipinski definition) is 2. The first kappa shape index (κ1) is 20.1. The van der Waals surface area contributed by atoms with Gasteiger partial charge in [0.25, 0.3) is 0 Å². The molecule has 0 amide bonds. The number of nitrogens with zero attached hydrogens (tertiary/aromatic N) is 5. The van der Waals surface area contributed by atoms with Crippen molar-refractivity contribution in [3.8, 4) is 11.4 Å². The number of nitrogens with one attached hydrogen (secondary N) is 2. The molecule has 0 saturated heterocycles. The summed E-state index contributed by atoms with van der Waals surface area (Å²) in [7, 11) is 0. The molecular weight excluding hydrogens is 419 g/mol. The number of halogens is 3. The number of hydrogen-bond acceptors (Lipinski definition) is 6. The van der Waals surface area contributed by atoms with E-state index in [0.717, 1.165) is 43.1 Å². The molecule has 4 aromatic rings. The number of rotatable bonds is 4. The molecule has 0 aliphatic heterocycles. The van der Waals surface area contributed by atoms with E-state index in [2.05, 4.69) is 35.2 Å². The van der Waals surface area contributed by atoms with Crippen LogP contribution in [0.2, 0.25) is 0 Å². The molecule has 5 rings (SSSR count). The fraction of sp³-hybridized carbons (Fsp3) is 0.227. The molecule has 0 spiro atoms. The van der Waals surface area contributed by atoms with Gasteiger partial charge in [-0.3, -0.25) is 0 Å². The Morgan fingerprint density at radius 3 is 2.88 bits per heavy atom. The van der Waals surface area contributed by atoms with Gasteiger partial charge in [-0.05, 0) is 31.4 Å². The van der Waals surface area contributed by atoms with Crippen LogP contribution in [0.1, 0.15) is 25.7 Å². The number of benzene rings is 1. The summed E-state index contributed by atoms with van der Waals surface area (Å²) in [5.41, 5.74) is 1.31. The normalized spacial score (nSPS) is 17.7. The summed E-state index contributed by atoms with van der Waals surface area (Å²) < 4.78 is 42.2. The topological polar surface area (TPSA) is 91.7 Å². The minimum absolute atomic E-state index is 0.0982. The van der Waals surface area contributed by atoms with Crippen LogP contribution in [0, 0.1) is 17.5 Å². The molecule has 1 aromatic carbocycles. The van der Waals surface area contributed by atoms with Gasteiger partial charge in [0.1, 0.15) is 23.8 Å². The van der Waals surface area contributed by atoms with Crippen molar-refractivity contribution in [3.63, 3.8) is 0 Å². The first-order valence-electron chi connectivity index (χ1n) is 10.1. The molecule has 10 heteroatoms. The monoisotopic (exact) mass is 437 g/mol. The highest BCUT2D eigenvalue weighted by atomic mass is 19.1. The number of aromatic nitrogens is 5. The summed E-state index contributed by atoms with van der Waals surface area (Å²) in [4.78, 5) is 23.5. The van der Waals surface area contributed by atoms with E-state index in [1.165, 1.54) is 18.6 Å². The van der Waals surface area contributed by atoms with Crippen molar-refractivity contribution < 1.29 is 13.2 Å². The Bertz CT molecular complexity index is 1300. The lowest BCUT2D eigenvalue weighted by Crippen LogP contribution is -2.27. The highest BCUT2D eigenvalue weighted by Gasteiger charge is 2.20. The van der Waals surface area contributed by atoms with E-state index in [9.17, 15) is 13.2 Å². The van der Waals surface area contributed by atoms with Gasteiger partial charge in [0, 0.05) is 47.6 Å². The van der Waals surface area contributed by atoms with E-state index < -0.39 is 17.5 Å². The number of anilines is 1. The van der Waals surface area contributed by atoms with Crippen molar-refractivity contribution in [2.24, 2.45) is 4.99 Å². The maximum Gasteiger partial charge on any atom is 0.192 e. The van der Waals surface area contributed by atoms with Crippen molar-refractivity contribution in [2.75, 3.05) is 5.32 Å². The summed E-state index contributed by atoms with van der Waals surface area (Å²) in [5.74, 6) is -1.35. The first-order chi connectivity index (χ1) is 15.6.